The molecule has 0 aliphatic carbocycles. The van der Waals surface area contributed by atoms with Gasteiger partial charge in [0.05, 0.1) is 6.54 Å². The molecular formula is C8H16N2O. The van der Waals surface area contributed by atoms with Crippen molar-refractivity contribution in [1.82, 2.24) is 5.32 Å². The number of rotatable bonds is 0. The van der Waals surface area contributed by atoms with Crippen LogP contribution in [0.4, 0.5) is 0 Å². The van der Waals surface area contributed by atoms with Gasteiger partial charge in [0.15, 0.2) is 0 Å². The zero-order chi connectivity index (χ0) is 7.68. The molecule has 64 valence electrons. The van der Waals surface area contributed by atoms with Crippen LogP contribution in [0, 0.1) is 11.1 Å². The molecule has 2 heterocycles. The Morgan fingerprint density at radius 3 is 2.91 bits per heavy atom. The first-order valence-electron chi connectivity index (χ1n) is 4.64. The van der Waals surface area contributed by atoms with Crippen LogP contribution in [0.15, 0.2) is 0 Å². The average Bonchev–Trinajstić information content (AvgIpc) is 2.06. The van der Waals surface area contributed by atoms with Gasteiger partial charge in [0.2, 0.25) is 0 Å². The summed E-state index contributed by atoms with van der Waals surface area (Å²) in [6.07, 6.45) is 5.15. The summed E-state index contributed by atoms with van der Waals surface area (Å²) < 4.78 is 0. The molecule has 2 fully saturated rings. The summed E-state index contributed by atoms with van der Waals surface area (Å²) in [6, 6.07) is 0. The summed E-state index contributed by atoms with van der Waals surface area (Å²) in [5.74, 6) is 0.671. The van der Waals surface area contributed by atoms with Gasteiger partial charge in [-0.15, -0.1) is 0 Å². The number of piperidine rings is 2. The van der Waals surface area contributed by atoms with Gasteiger partial charge in [-0.3, -0.25) is 5.32 Å². The second-order valence-electron chi connectivity index (χ2n) is 3.69. The van der Waals surface area contributed by atoms with E-state index in [1.807, 2.05) is 0 Å². The molecule has 0 saturated carbocycles. The van der Waals surface area contributed by atoms with E-state index in [4.69, 9.17) is 0 Å². The smallest absolute Gasteiger partial charge is 0.143 e. The maximum atomic E-state index is 11.4. The van der Waals surface area contributed by atoms with Crippen LogP contribution in [0.2, 0.25) is 0 Å². The van der Waals surface area contributed by atoms with Crippen molar-refractivity contribution in [3.63, 3.8) is 0 Å². The highest BCUT2D eigenvalue weighted by Gasteiger charge is 2.32. The van der Waals surface area contributed by atoms with Crippen molar-refractivity contribution in [3.8, 4) is 0 Å². The summed E-state index contributed by atoms with van der Waals surface area (Å²) in [5, 5.41) is 15.1. The highest BCUT2D eigenvalue weighted by molar-refractivity contribution is 4.76. The topological polar surface area (TPSA) is 39.5 Å². The highest BCUT2D eigenvalue weighted by atomic mass is 16.5. The van der Waals surface area contributed by atoms with Crippen molar-refractivity contribution >= 4 is 0 Å². The second kappa shape index (κ2) is 3.09. The van der Waals surface area contributed by atoms with Crippen molar-refractivity contribution in [1.29, 1.82) is 0 Å². The fourth-order valence-electron chi connectivity index (χ4n) is 2.34. The Morgan fingerprint density at radius 2 is 2.09 bits per heavy atom. The summed E-state index contributed by atoms with van der Waals surface area (Å²) in [6.45, 7) is 1.86. The summed E-state index contributed by atoms with van der Waals surface area (Å²) >= 11 is 0. The van der Waals surface area contributed by atoms with Crippen LogP contribution in [-0.4, -0.2) is 19.3 Å². The molecule has 3 nitrogen and oxygen atoms in total. The molecule has 0 amide bonds. The molecule has 0 radical (unpaired) electrons. The maximum Gasteiger partial charge on any atom is 0.143 e. The minimum Gasteiger partial charge on any atom is -0.633 e. The predicted octanol–water partition coefficient (Wildman–Crippen LogP) is -0.511. The van der Waals surface area contributed by atoms with Crippen LogP contribution in [0.5, 0.6) is 0 Å². The minimum atomic E-state index is 0.234. The SMILES string of the molecule is [O-][NH+]1CCCC2CCCNC21. The maximum absolute atomic E-state index is 11.4. The van der Waals surface area contributed by atoms with Crippen LogP contribution < -0.4 is 10.4 Å². The van der Waals surface area contributed by atoms with E-state index in [0.29, 0.717) is 11.0 Å². The number of nitrogens with one attached hydrogen (secondary N) is 2. The minimum absolute atomic E-state index is 0.234. The van der Waals surface area contributed by atoms with Crippen LogP contribution >= 0.6 is 0 Å². The zero-order valence-electron chi connectivity index (χ0n) is 6.81. The standard InChI is InChI=1S/C8H16N2O/c11-10-6-2-4-7-3-1-5-9-8(7)10/h7-10H,1-6H2. The molecule has 3 atom stereocenters. The van der Waals surface area contributed by atoms with Crippen molar-refractivity contribution in [2.24, 2.45) is 5.92 Å². The summed E-state index contributed by atoms with van der Waals surface area (Å²) in [5.41, 5.74) is 0. The molecule has 0 aromatic rings. The Kier molecular flexibility index (Phi) is 2.11. The third kappa shape index (κ3) is 1.41. The zero-order valence-corrected chi connectivity index (χ0v) is 6.81. The van der Waals surface area contributed by atoms with Crippen LogP contribution in [0.25, 0.3) is 0 Å². The fraction of sp³-hybridized carbons (Fsp3) is 1.00. The number of quaternary nitrogens is 1. The van der Waals surface area contributed by atoms with E-state index >= 15 is 0 Å². The van der Waals surface area contributed by atoms with E-state index in [1.165, 1.54) is 19.3 Å². The third-order valence-corrected chi connectivity index (χ3v) is 2.93. The van der Waals surface area contributed by atoms with E-state index in [9.17, 15) is 5.21 Å². The van der Waals surface area contributed by atoms with Gasteiger partial charge in [-0.25, -0.2) is 0 Å². The van der Waals surface area contributed by atoms with Gasteiger partial charge >= 0.3 is 0 Å². The predicted molar refractivity (Wildman–Crippen MR) is 42.9 cm³/mol. The molecule has 3 unspecified atom stereocenters. The van der Waals surface area contributed by atoms with Crippen molar-refractivity contribution in [2.75, 3.05) is 13.1 Å². The Balaban J connectivity index is 1.99. The molecule has 0 bridgehead atoms. The Bertz CT molecular complexity index is 138. The lowest BCUT2D eigenvalue weighted by atomic mass is 9.88. The molecular weight excluding hydrogens is 140 g/mol. The average molecular weight is 156 g/mol. The molecule has 3 heteroatoms. The summed E-state index contributed by atoms with van der Waals surface area (Å²) in [4.78, 5) is 0. The van der Waals surface area contributed by atoms with Gasteiger partial charge in [0, 0.05) is 12.5 Å². The monoisotopic (exact) mass is 156 g/mol. The molecule has 0 aromatic heterocycles. The van der Waals surface area contributed by atoms with Crippen LogP contribution in [-0.2, 0) is 0 Å². The quantitative estimate of drug-likeness (QED) is 0.464. The van der Waals surface area contributed by atoms with Crippen LogP contribution in [0.1, 0.15) is 25.7 Å². The molecule has 11 heavy (non-hydrogen) atoms. The first-order chi connectivity index (χ1) is 5.38. The number of hydroxylamine groups is 2. The van der Waals surface area contributed by atoms with E-state index in [-0.39, 0.29) is 6.17 Å². The highest BCUT2D eigenvalue weighted by Crippen LogP contribution is 2.20. The Morgan fingerprint density at radius 1 is 1.27 bits per heavy atom. The second-order valence-corrected chi connectivity index (χ2v) is 3.69. The molecule has 0 aromatic carbocycles. The van der Waals surface area contributed by atoms with Gasteiger partial charge in [-0.05, 0) is 25.7 Å². The van der Waals surface area contributed by atoms with Crippen molar-refractivity contribution in [2.45, 2.75) is 31.8 Å². The Hall–Kier alpha value is -0.120. The number of hydrogen-bond acceptors (Lipinski definition) is 2. The van der Waals surface area contributed by atoms with Gasteiger partial charge in [-0.1, -0.05) is 0 Å². The largest absolute Gasteiger partial charge is 0.633 e. The lowest BCUT2D eigenvalue weighted by molar-refractivity contribution is -0.891. The van der Waals surface area contributed by atoms with E-state index in [2.05, 4.69) is 5.32 Å². The Labute approximate surface area is 67.3 Å². The molecule has 2 saturated heterocycles. The molecule has 2 aliphatic heterocycles. The van der Waals surface area contributed by atoms with E-state index < -0.39 is 0 Å². The molecule has 0 spiro atoms. The third-order valence-electron chi connectivity index (χ3n) is 2.93. The lowest BCUT2D eigenvalue weighted by Gasteiger charge is -2.43. The normalized spacial score (nSPS) is 45.0. The molecule has 2 rings (SSSR count). The van der Waals surface area contributed by atoms with Gasteiger partial charge in [0.25, 0.3) is 0 Å². The van der Waals surface area contributed by atoms with E-state index in [1.54, 1.807) is 0 Å². The van der Waals surface area contributed by atoms with Crippen LogP contribution in [0.3, 0.4) is 0 Å². The van der Waals surface area contributed by atoms with Crippen molar-refractivity contribution in [3.05, 3.63) is 5.21 Å². The number of fused-ring (bicyclic) bond motifs is 1. The van der Waals surface area contributed by atoms with Gasteiger partial charge in [-0.2, -0.15) is 0 Å². The first kappa shape index (κ1) is 7.53. The van der Waals surface area contributed by atoms with E-state index in [0.717, 1.165) is 19.5 Å². The van der Waals surface area contributed by atoms with Crippen molar-refractivity contribution < 1.29 is 5.06 Å². The molecule has 2 N–H and O–H groups in total. The van der Waals surface area contributed by atoms with Gasteiger partial charge < -0.3 is 10.3 Å². The lowest BCUT2D eigenvalue weighted by Crippen LogP contribution is -3.15. The van der Waals surface area contributed by atoms with Gasteiger partial charge in [0.1, 0.15) is 6.17 Å². The first-order valence-corrected chi connectivity index (χ1v) is 4.64. The molecule has 2 aliphatic rings. The number of hydrogen-bond donors (Lipinski definition) is 2. The summed E-state index contributed by atoms with van der Waals surface area (Å²) in [7, 11) is 0. The fourth-order valence-corrected chi connectivity index (χ4v) is 2.34.